The summed E-state index contributed by atoms with van der Waals surface area (Å²) in [5.41, 5.74) is 0.316. The van der Waals surface area contributed by atoms with E-state index >= 15 is 0 Å². The zero-order valence-corrected chi connectivity index (χ0v) is 10.5. The van der Waals surface area contributed by atoms with Crippen molar-refractivity contribution in [1.82, 2.24) is 10.2 Å². The van der Waals surface area contributed by atoms with Gasteiger partial charge in [0.15, 0.2) is 0 Å². The van der Waals surface area contributed by atoms with Gasteiger partial charge in [-0.15, -0.1) is 0 Å². The summed E-state index contributed by atoms with van der Waals surface area (Å²) in [5, 5.41) is 3.23. The molecule has 0 aromatic carbocycles. The number of likely N-dealkylation sites (tertiary alicyclic amines) is 1. The smallest absolute Gasteiger partial charge is 0.239 e. The van der Waals surface area contributed by atoms with E-state index in [1.807, 2.05) is 11.8 Å². The van der Waals surface area contributed by atoms with Gasteiger partial charge in [0, 0.05) is 13.1 Å². The lowest BCUT2D eigenvalue weighted by molar-refractivity contribution is -0.129. The Hall–Kier alpha value is -0.570. The van der Waals surface area contributed by atoms with Crippen LogP contribution in [0.4, 0.5) is 0 Å². The molecule has 1 fully saturated rings. The molecule has 0 aromatic rings. The lowest BCUT2D eigenvalue weighted by Crippen LogP contribution is -2.39. The van der Waals surface area contributed by atoms with Crippen molar-refractivity contribution in [2.45, 2.75) is 46.6 Å². The third-order valence-electron chi connectivity index (χ3n) is 2.88. The van der Waals surface area contributed by atoms with Gasteiger partial charge in [-0.3, -0.25) is 4.79 Å². The number of hydrogen-bond acceptors (Lipinski definition) is 2. The van der Waals surface area contributed by atoms with E-state index in [0.29, 0.717) is 11.3 Å². The van der Waals surface area contributed by atoms with Gasteiger partial charge in [0.1, 0.15) is 0 Å². The number of nitrogens with zero attached hydrogens (tertiary/aromatic N) is 1. The molecule has 1 heterocycles. The van der Waals surface area contributed by atoms with Crippen LogP contribution in [0.1, 0.15) is 40.5 Å². The Morgan fingerprint density at radius 2 is 2.13 bits per heavy atom. The van der Waals surface area contributed by atoms with Crippen molar-refractivity contribution < 1.29 is 4.79 Å². The largest absolute Gasteiger partial charge is 0.341 e. The van der Waals surface area contributed by atoms with Crippen molar-refractivity contribution in [3.8, 4) is 0 Å². The van der Waals surface area contributed by atoms with Gasteiger partial charge >= 0.3 is 0 Å². The minimum Gasteiger partial charge on any atom is -0.341 e. The maximum Gasteiger partial charge on any atom is 0.239 e. The van der Waals surface area contributed by atoms with Gasteiger partial charge in [-0.05, 0) is 24.8 Å². The van der Waals surface area contributed by atoms with Crippen LogP contribution in [-0.2, 0) is 4.79 Å². The monoisotopic (exact) mass is 212 g/mol. The maximum atomic E-state index is 11.9. The lowest BCUT2D eigenvalue weighted by atomic mass is 9.92. The topological polar surface area (TPSA) is 32.3 Å². The highest BCUT2D eigenvalue weighted by molar-refractivity contribution is 5.83. The summed E-state index contributed by atoms with van der Waals surface area (Å²) < 4.78 is 0. The molecule has 1 rings (SSSR count). The van der Waals surface area contributed by atoms with Crippen molar-refractivity contribution in [3.63, 3.8) is 0 Å². The Bertz CT molecular complexity index is 220. The molecular weight excluding hydrogens is 188 g/mol. The van der Waals surface area contributed by atoms with Crippen molar-refractivity contribution >= 4 is 5.91 Å². The highest BCUT2D eigenvalue weighted by atomic mass is 16.2. The molecule has 3 nitrogen and oxygen atoms in total. The Balaban J connectivity index is 2.36. The van der Waals surface area contributed by atoms with Crippen molar-refractivity contribution in [2.75, 3.05) is 19.6 Å². The fourth-order valence-corrected chi connectivity index (χ4v) is 1.87. The van der Waals surface area contributed by atoms with Crippen LogP contribution >= 0.6 is 0 Å². The molecule has 0 aliphatic carbocycles. The van der Waals surface area contributed by atoms with E-state index in [4.69, 9.17) is 0 Å². The molecule has 3 heteroatoms. The first-order valence-electron chi connectivity index (χ1n) is 5.96. The highest BCUT2D eigenvalue weighted by Crippen LogP contribution is 2.21. The minimum atomic E-state index is 0.0787. The van der Waals surface area contributed by atoms with Crippen LogP contribution in [0.3, 0.4) is 0 Å². The fraction of sp³-hybridized carbons (Fsp3) is 0.917. The SMILES string of the molecule is CCNC1CCN(CCC(C)(C)C)C1=O. The van der Waals surface area contributed by atoms with Crippen LogP contribution in [0.25, 0.3) is 0 Å². The zero-order valence-electron chi connectivity index (χ0n) is 10.5. The first-order valence-corrected chi connectivity index (χ1v) is 5.96. The van der Waals surface area contributed by atoms with E-state index in [1.54, 1.807) is 0 Å². The number of carbonyl (C=O) groups excluding carboxylic acids is 1. The average molecular weight is 212 g/mol. The number of likely N-dealkylation sites (N-methyl/N-ethyl adjacent to an activating group) is 1. The second-order valence-electron chi connectivity index (χ2n) is 5.53. The third kappa shape index (κ3) is 3.82. The lowest BCUT2D eigenvalue weighted by Gasteiger charge is -2.23. The first kappa shape index (κ1) is 12.5. The molecule has 1 aliphatic heterocycles. The molecule has 1 atom stereocenters. The average Bonchev–Trinajstić information content (AvgIpc) is 2.45. The first-order chi connectivity index (χ1) is 6.94. The summed E-state index contributed by atoms with van der Waals surface area (Å²) in [4.78, 5) is 13.9. The summed E-state index contributed by atoms with van der Waals surface area (Å²) in [5.74, 6) is 0.293. The Morgan fingerprint density at radius 1 is 1.47 bits per heavy atom. The maximum absolute atomic E-state index is 11.9. The van der Waals surface area contributed by atoms with Crippen molar-refractivity contribution in [2.24, 2.45) is 5.41 Å². The van der Waals surface area contributed by atoms with Crippen LogP contribution in [0, 0.1) is 5.41 Å². The molecule has 0 saturated carbocycles. The number of amides is 1. The molecule has 0 bridgehead atoms. The second kappa shape index (κ2) is 4.97. The number of carbonyl (C=O) groups is 1. The zero-order chi connectivity index (χ0) is 11.5. The molecule has 1 N–H and O–H groups in total. The minimum absolute atomic E-state index is 0.0787. The molecule has 88 valence electrons. The van der Waals surface area contributed by atoms with Crippen molar-refractivity contribution in [3.05, 3.63) is 0 Å². The fourth-order valence-electron chi connectivity index (χ4n) is 1.87. The molecule has 0 radical (unpaired) electrons. The summed E-state index contributed by atoms with van der Waals surface area (Å²) in [7, 11) is 0. The van der Waals surface area contributed by atoms with E-state index in [9.17, 15) is 4.79 Å². The van der Waals surface area contributed by atoms with Crippen LogP contribution in [0.5, 0.6) is 0 Å². The van der Waals surface area contributed by atoms with Gasteiger partial charge in [-0.2, -0.15) is 0 Å². The van der Waals surface area contributed by atoms with Gasteiger partial charge in [-0.25, -0.2) is 0 Å². The summed E-state index contributed by atoms with van der Waals surface area (Å²) in [6, 6.07) is 0.0787. The van der Waals surface area contributed by atoms with Gasteiger partial charge in [0.05, 0.1) is 6.04 Å². The summed E-state index contributed by atoms with van der Waals surface area (Å²) in [6.07, 6.45) is 2.05. The highest BCUT2D eigenvalue weighted by Gasteiger charge is 2.30. The molecule has 1 aliphatic rings. The summed E-state index contributed by atoms with van der Waals surface area (Å²) in [6.45, 7) is 11.4. The quantitative estimate of drug-likeness (QED) is 0.768. The molecular formula is C12H24N2O. The van der Waals surface area contributed by atoms with Gasteiger partial charge in [0.2, 0.25) is 5.91 Å². The molecule has 0 aromatic heterocycles. The Labute approximate surface area is 93.2 Å². The molecule has 1 unspecified atom stereocenters. The molecule has 15 heavy (non-hydrogen) atoms. The predicted octanol–water partition coefficient (Wildman–Crippen LogP) is 1.63. The van der Waals surface area contributed by atoms with Crippen LogP contribution < -0.4 is 5.32 Å². The molecule has 1 saturated heterocycles. The second-order valence-corrected chi connectivity index (χ2v) is 5.53. The Morgan fingerprint density at radius 3 is 2.67 bits per heavy atom. The number of hydrogen-bond donors (Lipinski definition) is 1. The van der Waals surface area contributed by atoms with E-state index in [1.165, 1.54) is 0 Å². The molecule has 0 spiro atoms. The third-order valence-corrected chi connectivity index (χ3v) is 2.88. The molecule has 1 amide bonds. The standard InChI is InChI=1S/C12H24N2O/c1-5-13-10-6-8-14(11(10)15)9-7-12(2,3)4/h10,13H,5-9H2,1-4H3. The van der Waals surface area contributed by atoms with Crippen LogP contribution in [-0.4, -0.2) is 36.5 Å². The normalized spacial score (nSPS) is 22.5. The van der Waals surface area contributed by atoms with E-state index in [0.717, 1.165) is 32.5 Å². The van der Waals surface area contributed by atoms with Crippen molar-refractivity contribution in [1.29, 1.82) is 0 Å². The Kier molecular flexibility index (Phi) is 4.14. The predicted molar refractivity (Wildman–Crippen MR) is 62.7 cm³/mol. The number of nitrogens with one attached hydrogen (secondary N) is 1. The van der Waals surface area contributed by atoms with E-state index in [-0.39, 0.29) is 6.04 Å². The van der Waals surface area contributed by atoms with Crippen LogP contribution in [0.15, 0.2) is 0 Å². The van der Waals surface area contributed by atoms with E-state index in [2.05, 4.69) is 26.1 Å². The summed E-state index contributed by atoms with van der Waals surface area (Å²) >= 11 is 0. The van der Waals surface area contributed by atoms with Crippen LogP contribution in [0.2, 0.25) is 0 Å². The van der Waals surface area contributed by atoms with E-state index < -0.39 is 0 Å². The van der Waals surface area contributed by atoms with Gasteiger partial charge < -0.3 is 10.2 Å². The van der Waals surface area contributed by atoms with Gasteiger partial charge in [-0.1, -0.05) is 27.7 Å². The van der Waals surface area contributed by atoms with Gasteiger partial charge in [0.25, 0.3) is 0 Å². The number of rotatable bonds is 4.